The average Bonchev–Trinajstić information content (AvgIpc) is 2.90. The first-order chi connectivity index (χ1) is 17.6. The Hall–Kier alpha value is -2.58. The van der Waals surface area contributed by atoms with Crippen molar-refractivity contribution in [1.29, 1.82) is 0 Å². The molecular formula is C29H40N2O6. The van der Waals surface area contributed by atoms with Gasteiger partial charge in [0.1, 0.15) is 10.8 Å². The zero-order chi connectivity index (χ0) is 26.7. The van der Waals surface area contributed by atoms with Gasteiger partial charge in [-0.1, -0.05) is 30.3 Å². The second-order valence-electron chi connectivity index (χ2n) is 11.3. The largest absolute Gasteiger partial charge is 0.465 e. The summed E-state index contributed by atoms with van der Waals surface area (Å²) < 4.78 is 10.2. The van der Waals surface area contributed by atoms with E-state index >= 15 is 0 Å². The van der Waals surface area contributed by atoms with Crippen molar-refractivity contribution in [1.82, 2.24) is 5.32 Å². The molecule has 37 heavy (non-hydrogen) atoms. The van der Waals surface area contributed by atoms with E-state index < -0.39 is 10.8 Å². The maximum atomic E-state index is 12.6. The van der Waals surface area contributed by atoms with E-state index in [1.807, 2.05) is 18.2 Å². The van der Waals surface area contributed by atoms with Crippen molar-refractivity contribution in [2.75, 3.05) is 13.2 Å². The Kier molecular flexibility index (Phi) is 7.91. The zero-order valence-corrected chi connectivity index (χ0v) is 22.1. The summed E-state index contributed by atoms with van der Waals surface area (Å²) in [7, 11) is 0. The Bertz CT molecular complexity index is 1010. The first kappa shape index (κ1) is 27.5. The van der Waals surface area contributed by atoms with Crippen LogP contribution in [0, 0.1) is 10.8 Å². The van der Waals surface area contributed by atoms with E-state index in [0.29, 0.717) is 51.7 Å². The van der Waals surface area contributed by atoms with Gasteiger partial charge < -0.3 is 20.5 Å². The number of fused-ring (bicyclic) bond motifs is 6. The van der Waals surface area contributed by atoms with Crippen LogP contribution in [0.4, 0.5) is 0 Å². The number of Topliss-reactive ketones (excluding diaryl/α,β-unsaturated/α-hetero) is 2. The lowest BCUT2D eigenvalue weighted by atomic mass is 9.56. The molecule has 0 unspecified atom stereocenters. The molecule has 6 saturated carbocycles. The predicted octanol–water partition coefficient (Wildman–Crippen LogP) is 3.39. The van der Waals surface area contributed by atoms with Gasteiger partial charge in [0.15, 0.2) is 11.6 Å². The third-order valence-corrected chi connectivity index (χ3v) is 9.08. The summed E-state index contributed by atoms with van der Waals surface area (Å²) in [5, 5.41) is 3.58. The molecular weight excluding hydrogens is 472 g/mol. The number of rotatable bonds is 7. The molecule has 8 heteroatoms. The van der Waals surface area contributed by atoms with Crippen molar-refractivity contribution in [3.8, 4) is 0 Å². The Labute approximate surface area is 219 Å². The highest BCUT2D eigenvalue weighted by Gasteiger charge is 2.59. The number of carbonyl (C=O) groups is 4. The molecule has 3 N–H and O–H groups in total. The molecule has 0 spiro atoms. The van der Waals surface area contributed by atoms with Gasteiger partial charge in [-0.05, 0) is 70.8 Å². The molecule has 6 fully saturated rings. The van der Waals surface area contributed by atoms with E-state index in [2.05, 4.69) is 17.4 Å². The molecule has 0 saturated heterocycles. The van der Waals surface area contributed by atoms with E-state index in [-0.39, 0.29) is 34.6 Å². The average molecular weight is 513 g/mol. The predicted molar refractivity (Wildman–Crippen MR) is 137 cm³/mol. The number of ketones is 2. The first-order valence-corrected chi connectivity index (χ1v) is 13.6. The minimum Gasteiger partial charge on any atom is -0.465 e. The Morgan fingerprint density at radius 1 is 0.784 bits per heavy atom. The Balaban J connectivity index is 0.000000186. The highest BCUT2D eigenvalue weighted by Crippen LogP contribution is 2.51. The Morgan fingerprint density at radius 3 is 1.73 bits per heavy atom. The highest BCUT2D eigenvalue weighted by atomic mass is 16.5. The van der Waals surface area contributed by atoms with Gasteiger partial charge in [0.05, 0.1) is 13.2 Å². The van der Waals surface area contributed by atoms with Gasteiger partial charge in [0, 0.05) is 30.5 Å². The quantitative estimate of drug-likeness (QED) is 0.421. The van der Waals surface area contributed by atoms with Gasteiger partial charge in [0.25, 0.3) is 0 Å². The third kappa shape index (κ3) is 5.23. The summed E-state index contributed by atoms with van der Waals surface area (Å²) in [5.41, 5.74) is 5.08. The molecule has 4 bridgehead atoms. The van der Waals surface area contributed by atoms with E-state index in [0.717, 1.165) is 32.2 Å². The lowest BCUT2D eigenvalue weighted by Crippen LogP contribution is -2.61. The molecule has 6 aliphatic carbocycles. The van der Waals surface area contributed by atoms with Crippen molar-refractivity contribution < 1.29 is 28.7 Å². The van der Waals surface area contributed by atoms with Crippen LogP contribution < -0.4 is 11.1 Å². The fourth-order valence-electron chi connectivity index (χ4n) is 6.51. The molecule has 0 atom stereocenters. The van der Waals surface area contributed by atoms with Crippen LogP contribution in [0.25, 0.3) is 0 Å². The van der Waals surface area contributed by atoms with Crippen molar-refractivity contribution in [3.63, 3.8) is 0 Å². The van der Waals surface area contributed by atoms with Crippen molar-refractivity contribution >= 4 is 23.5 Å². The minimum atomic E-state index is -0.855. The highest BCUT2D eigenvalue weighted by molar-refractivity contribution is 6.06. The summed E-state index contributed by atoms with van der Waals surface area (Å²) in [5.74, 6) is -0.599. The number of nitrogens with two attached hydrogens (primary N) is 1. The van der Waals surface area contributed by atoms with Crippen LogP contribution in [0.3, 0.4) is 0 Å². The number of esters is 2. The summed E-state index contributed by atoms with van der Waals surface area (Å²) in [6.07, 6.45) is 6.41. The van der Waals surface area contributed by atoms with E-state index in [1.54, 1.807) is 13.8 Å². The van der Waals surface area contributed by atoms with Crippen LogP contribution in [-0.2, 0) is 35.2 Å². The first-order valence-electron chi connectivity index (χ1n) is 13.6. The van der Waals surface area contributed by atoms with Gasteiger partial charge >= 0.3 is 11.9 Å². The number of carbonyl (C=O) groups excluding carboxylic acids is 4. The number of benzene rings is 1. The van der Waals surface area contributed by atoms with Crippen LogP contribution in [0.15, 0.2) is 30.3 Å². The molecule has 0 radical (unpaired) electrons. The normalized spacial score (nSPS) is 33.9. The van der Waals surface area contributed by atoms with Crippen LogP contribution >= 0.6 is 0 Å². The van der Waals surface area contributed by atoms with Crippen LogP contribution in [0.2, 0.25) is 0 Å². The molecule has 202 valence electrons. The van der Waals surface area contributed by atoms with Gasteiger partial charge in [-0.15, -0.1) is 0 Å². The maximum Gasteiger partial charge on any atom is 0.319 e. The molecule has 0 amide bonds. The van der Waals surface area contributed by atoms with Gasteiger partial charge in [-0.25, -0.2) is 0 Å². The van der Waals surface area contributed by atoms with E-state index in [1.165, 1.54) is 5.56 Å². The molecule has 1 aromatic rings. The third-order valence-electron chi connectivity index (χ3n) is 9.08. The monoisotopic (exact) mass is 512 g/mol. The fraction of sp³-hybridized carbons (Fsp3) is 0.655. The lowest BCUT2D eigenvalue weighted by Gasteiger charge is -2.51. The summed E-state index contributed by atoms with van der Waals surface area (Å²) in [6.45, 7) is 4.99. The fourth-order valence-corrected chi connectivity index (χ4v) is 6.51. The lowest BCUT2D eigenvalue weighted by molar-refractivity contribution is -0.170. The van der Waals surface area contributed by atoms with Crippen molar-refractivity contribution in [2.45, 2.75) is 95.7 Å². The van der Waals surface area contributed by atoms with Crippen LogP contribution in [0.1, 0.15) is 83.6 Å². The minimum absolute atomic E-state index is 0.0130. The summed E-state index contributed by atoms with van der Waals surface area (Å²) in [6, 6.07) is 10.2. The zero-order valence-electron chi connectivity index (χ0n) is 22.1. The van der Waals surface area contributed by atoms with Crippen molar-refractivity contribution in [3.05, 3.63) is 35.9 Å². The second-order valence-corrected chi connectivity index (χ2v) is 11.3. The number of hydrogen-bond donors (Lipinski definition) is 2. The van der Waals surface area contributed by atoms with E-state index in [9.17, 15) is 19.2 Å². The molecule has 8 nitrogen and oxygen atoms in total. The smallest absolute Gasteiger partial charge is 0.319 e. The molecule has 0 aliphatic heterocycles. The number of hydrogen-bond acceptors (Lipinski definition) is 8. The number of nitrogens with one attached hydrogen (secondary N) is 1. The van der Waals surface area contributed by atoms with Crippen molar-refractivity contribution in [2.24, 2.45) is 16.6 Å². The Morgan fingerprint density at radius 2 is 1.27 bits per heavy atom. The molecule has 0 heterocycles. The van der Waals surface area contributed by atoms with Crippen LogP contribution in [-0.4, -0.2) is 47.8 Å². The summed E-state index contributed by atoms with van der Waals surface area (Å²) in [4.78, 5) is 48.5. The van der Waals surface area contributed by atoms with Gasteiger partial charge in [-0.3, -0.25) is 19.2 Å². The summed E-state index contributed by atoms with van der Waals surface area (Å²) >= 11 is 0. The molecule has 1 aromatic carbocycles. The maximum absolute atomic E-state index is 12.6. The number of ether oxygens (including phenoxy) is 2. The standard InChI is InChI=1S/C18H23NO3.C11H17NO3/c1-2-22-16(21)18-10-8-17(9-11-18,12-15(18)20)19-13-14-6-4-3-5-7-14;1-2-15-9(14)11-5-3-10(12,4-6-11)7-8(11)13/h3-7,19H,2,8-13H2,1H3;2-7,12H2,1H3. The molecule has 6 aliphatic rings. The van der Waals surface area contributed by atoms with Gasteiger partial charge in [0.2, 0.25) is 0 Å². The SMILES string of the molecule is CCOC(=O)C12CCC(N)(CC1)CC2=O.CCOC(=O)C12CCC(NCc3ccccc3)(CC1)CC2=O. The topological polar surface area (TPSA) is 125 Å². The molecule has 0 aromatic heterocycles. The van der Waals surface area contributed by atoms with Gasteiger partial charge in [-0.2, -0.15) is 0 Å². The second kappa shape index (κ2) is 10.7. The van der Waals surface area contributed by atoms with Crippen LogP contribution in [0.5, 0.6) is 0 Å². The molecule has 7 rings (SSSR count). The van der Waals surface area contributed by atoms with E-state index in [4.69, 9.17) is 15.2 Å².